The van der Waals surface area contributed by atoms with E-state index in [1.807, 2.05) is 18.0 Å². The van der Waals surface area contributed by atoms with Crippen molar-refractivity contribution in [2.75, 3.05) is 19.8 Å². The second-order valence-electron chi connectivity index (χ2n) is 7.66. The SMILES string of the molecule is C[C@H]1CN(C(=O)c2cnc3cnn(C)c3c2)Cc2nnc(C3CCOCC3)n21. The summed E-state index contributed by atoms with van der Waals surface area (Å²) in [6, 6.07) is 1.99. The number of hydrogen-bond acceptors (Lipinski definition) is 6. The van der Waals surface area contributed by atoms with E-state index in [0.29, 0.717) is 24.6 Å². The molecule has 5 rings (SSSR count). The van der Waals surface area contributed by atoms with E-state index < -0.39 is 0 Å². The molecule has 3 aromatic rings. The predicted octanol–water partition coefficient (Wildman–Crippen LogP) is 1.67. The van der Waals surface area contributed by atoms with Gasteiger partial charge in [-0.2, -0.15) is 5.10 Å². The summed E-state index contributed by atoms with van der Waals surface area (Å²) in [4.78, 5) is 19.3. The van der Waals surface area contributed by atoms with Gasteiger partial charge in [0.1, 0.15) is 11.3 Å². The number of rotatable bonds is 2. The van der Waals surface area contributed by atoms with Crippen LogP contribution in [-0.2, 0) is 18.3 Å². The molecule has 9 heteroatoms. The molecule has 0 unspecified atom stereocenters. The summed E-state index contributed by atoms with van der Waals surface area (Å²) in [6.07, 6.45) is 5.28. The van der Waals surface area contributed by atoms with Crippen molar-refractivity contribution in [1.82, 2.24) is 34.4 Å². The number of hydrogen-bond donors (Lipinski definition) is 0. The Hall–Kier alpha value is -2.81. The van der Waals surface area contributed by atoms with Gasteiger partial charge in [-0.3, -0.25) is 14.5 Å². The Morgan fingerprint density at radius 2 is 2.04 bits per heavy atom. The molecule has 146 valence electrons. The molecule has 1 atom stereocenters. The molecule has 0 spiro atoms. The van der Waals surface area contributed by atoms with E-state index in [1.54, 1.807) is 17.1 Å². The Bertz CT molecular complexity index is 1030. The van der Waals surface area contributed by atoms with Gasteiger partial charge in [-0.25, -0.2) is 0 Å². The smallest absolute Gasteiger partial charge is 0.255 e. The summed E-state index contributed by atoms with van der Waals surface area (Å²) in [5.74, 6) is 2.24. The zero-order chi connectivity index (χ0) is 19.3. The third-order valence-electron chi connectivity index (χ3n) is 5.77. The summed E-state index contributed by atoms with van der Waals surface area (Å²) in [7, 11) is 1.85. The fraction of sp³-hybridized carbons (Fsp3) is 0.526. The maximum Gasteiger partial charge on any atom is 0.255 e. The van der Waals surface area contributed by atoms with Crippen LogP contribution < -0.4 is 0 Å². The highest BCUT2D eigenvalue weighted by Crippen LogP contribution is 2.31. The molecule has 28 heavy (non-hydrogen) atoms. The molecular formula is C19H23N7O2. The number of pyridine rings is 1. The highest BCUT2D eigenvalue weighted by molar-refractivity contribution is 5.96. The predicted molar refractivity (Wildman–Crippen MR) is 101 cm³/mol. The second-order valence-corrected chi connectivity index (χ2v) is 7.66. The van der Waals surface area contributed by atoms with Gasteiger partial charge in [0.2, 0.25) is 0 Å². The van der Waals surface area contributed by atoms with E-state index in [1.165, 1.54) is 0 Å². The number of fused-ring (bicyclic) bond motifs is 2. The van der Waals surface area contributed by atoms with Gasteiger partial charge in [0.05, 0.1) is 29.9 Å². The topological polar surface area (TPSA) is 91.0 Å². The quantitative estimate of drug-likeness (QED) is 0.671. The number of nitrogens with zero attached hydrogens (tertiary/aromatic N) is 7. The first-order valence-electron chi connectivity index (χ1n) is 9.70. The van der Waals surface area contributed by atoms with E-state index in [0.717, 1.165) is 48.7 Å². The monoisotopic (exact) mass is 381 g/mol. The van der Waals surface area contributed by atoms with Crippen LogP contribution in [0, 0.1) is 0 Å². The number of ether oxygens (including phenoxy) is 1. The minimum absolute atomic E-state index is 0.0377. The van der Waals surface area contributed by atoms with Gasteiger partial charge in [0.25, 0.3) is 5.91 Å². The molecule has 1 amide bonds. The van der Waals surface area contributed by atoms with Crippen LogP contribution in [0.15, 0.2) is 18.5 Å². The van der Waals surface area contributed by atoms with Gasteiger partial charge in [-0.05, 0) is 25.8 Å². The summed E-state index contributed by atoms with van der Waals surface area (Å²) < 4.78 is 9.43. The highest BCUT2D eigenvalue weighted by Gasteiger charge is 2.32. The second kappa shape index (κ2) is 6.66. The van der Waals surface area contributed by atoms with Crippen LogP contribution in [0.3, 0.4) is 0 Å². The average Bonchev–Trinajstić information content (AvgIpc) is 3.32. The maximum absolute atomic E-state index is 13.1. The molecular weight excluding hydrogens is 358 g/mol. The first-order valence-corrected chi connectivity index (χ1v) is 9.70. The van der Waals surface area contributed by atoms with E-state index in [9.17, 15) is 4.79 Å². The van der Waals surface area contributed by atoms with Crippen molar-refractivity contribution in [3.63, 3.8) is 0 Å². The Morgan fingerprint density at radius 1 is 1.21 bits per heavy atom. The lowest BCUT2D eigenvalue weighted by Gasteiger charge is -2.34. The molecule has 0 bridgehead atoms. The van der Waals surface area contributed by atoms with E-state index >= 15 is 0 Å². The number of carbonyl (C=O) groups is 1. The van der Waals surface area contributed by atoms with Crippen LogP contribution in [0.25, 0.3) is 11.0 Å². The molecule has 0 aliphatic carbocycles. The largest absolute Gasteiger partial charge is 0.381 e. The van der Waals surface area contributed by atoms with Crippen LogP contribution in [0.4, 0.5) is 0 Å². The summed E-state index contributed by atoms with van der Waals surface area (Å²) in [5.41, 5.74) is 2.20. The lowest BCUT2D eigenvalue weighted by molar-refractivity contribution is 0.0668. The fourth-order valence-electron chi connectivity index (χ4n) is 4.28. The first kappa shape index (κ1) is 17.3. The lowest BCUT2D eigenvalue weighted by Crippen LogP contribution is -2.41. The molecule has 3 aromatic heterocycles. The van der Waals surface area contributed by atoms with Gasteiger partial charge >= 0.3 is 0 Å². The maximum atomic E-state index is 13.1. The first-order chi connectivity index (χ1) is 13.6. The van der Waals surface area contributed by atoms with Crippen molar-refractivity contribution in [3.8, 4) is 0 Å². The minimum Gasteiger partial charge on any atom is -0.381 e. The van der Waals surface area contributed by atoms with Crippen molar-refractivity contribution in [2.45, 2.75) is 38.3 Å². The Morgan fingerprint density at radius 3 is 2.86 bits per heavy atom. The summed E-state index contributed by atoms with van der Waals surface area (Å²) >= 11 is 0. The van der Waals surface area contributed by atoms with Crippen LogP contribution in [-0.4, -0.2) is 60.1 Å². The highest BCUT2D eigenvalue weighted by atomic mass is 16.5. The lowest BCUT2D eigenvalue weighted by atomic mass is 9.98. The fourth-order valence-corrected chi connectivity index (χ4v) is 4.28. The van der Waals surface area contributed by atoms with Crippen molar-refractivity contribution in [1.29, 1.82) is 0 Å². The van der Waals surface area contributed by atoms with Crippen molar-refractivity contribution >= 4 is 16.9 Å². The summed E-state index contributed by atoms with van der Waals surface area (Å²) in [5, 5.41) is 13.1. The van der Waals surface area contributed by atoms with Gasteiger partial charge in [-0.15, -0.1) is 10.2 Å². The number of amides is 1. The molecule has 0 N–H and O–H groups in total. The molecule has 0 saturated carbocycles. The van der Waals surface area contributed by atoms with Gasteiger partial charge in [0, 0.05) is 38.9 Å². The molecule has 0 aromatic carbocycles. The van der Waals surface area contributed by atoms with Crippen LogP contribution in [0.1, 0.15) is 53.7 Å². The molecule has 2 aliphatic heterocycles. The molecule has 0 radical (unpaired) electrons. The van der Waals surface area contributed by atoms with E-state index in [2.05, 4.69) is 31.8 Å². The summed E-state index contributed by atoms with van der Waals surface area (Å²) in [6.45, 7) is 4.76. The van der Waals surface area contributed by atoms with Crippen molar-refractivity contribution in [3.05, 3.63) is 35.7 Å². The number of carbonyl (C=O) groups excluding carboxylic acids is 1. The third kappa shape index (κ3) is 2.77. The molecule has 2 aliphatic rings. The van der Waals surface area contributed by atoms with Crippen molar-refractivity contribution in [2.24, 2.45) is 7.05 Å². The van der Waals surface area contributed by atoms with Crippen LogP contribution in [0.2, 0.25) is 0 Å². The normalized spacial score (nSPS) is 20.5. The van der Waals surface area contributed by atoms with E-state index in [-0.39, 0.29) is 11.9 Å². The zero-order valence-electron chi connectivity index (χ0n) is 16.1. The Kier molecular flexibility index (Phi) is 4.12. The number of aromatic nitrogens is 6. The van der Waals surface area contributed by atoms with Crippen LogP contribution >= 0.6 is 0 Å². The van der Waals surface area contributed by atoms with E-state index in [4.69, 9.17) is 4.74 Å². The molecule has 1 saturated heterocycles. The third-order valence-corrected chi connectivity index (χ3v) is 5.77. The standard InChI is InChI=1S/C19H23N7O2/c1-12-10-25(19(27)14-7-16-15(20-8-14)9-21-24(16)2)11-17-22-23-18(26(12)17)13-3-5-28-6-4-13/h7-9,12-13H,3-6,10-11H2,1-2H3/t12-/m0/s1. The van der Waals surface area contributed by atoms with Crippen LogP contribution in [0.5, 0.6) is 0 Å². The van der Waals surface area contributed by atoms with Crippen molar-refractivity contribution < 1.29 is 9.53 Å². The average molecular weight is 381 g/mol. The molecule has 5 heterocycles. The zero-order valence-corrected chi connectivity index (χ0v) is 16.1. The van der Waals surface area contributed by atoms with Gasteiger partial charge in [0.15, 0.2) is 5.82 Å². The van der Waals surface area contributed by atoms with Gasteiger partial charge < -0.3 is 14.2 Å². The Labute approximate surface area is 162 Å². The van der Waals surface area contributed by atoms with Gasteiger partial charge in [-0.1, -0.05) is 0 Å². The molecule has 9 nitrogen and oxygen atoms in total. The number of aryl methyl sites for hydroxylation is 1. The minimum atomic E-state index is -0.0377. The Balaban J connectivity index is 1.41. The molecule has 1 fully saturated rings.